The van der Waals surface area contributed by atoms with E-state index in [1.165, 1.54) is 5.56 Å². The minimum Gasteiger partial charge on any atom is -0.370 e. The number of hydrogen-bond acceptors (Lipinski definition) is 2. The lowest BCUT2D eigenvalue weighted by molar-refractivity contribution is 0.242. The molecular formula is C19H24N4O. The Morgan fingerprint density at radius 2 is 1.71 bits per heavy atom. The second-order valence-electron chi connectivity index (χ2n) is 5.59. The van der Waals surface area contributed by atoms with E-state index < -0.39 is 0 Å². The highest BCUT2D eigenvalue weighted by Crippen LogP contribution is 2.10. The molecule has 2 amide bonds. The Balaban J connectivity index is 1.70. The predicted octanol–water partition coefficient (Wildman–Crippen LogP) is 2.99. The third kappa shape index (κ3) is 6.12. The van der Waals surface area contributed by atoms with Crippen LogP contribution in [0.2, 0.25) is 0 Å². The third-order valence-corrected chi connectivity index (χ3v) is 3.64. The summed E-state index contributed by atoms with van der Waals surface area (Å²) in [4.78, 5) is 16.1. The first kappa shape index (κ1) is 17.5. The number of urea groups is 1. The van der Waals surface area contributed by atoms with E-state index in [0.717, 1.165) is 18.4 Å². The molecule has 24 heavy (non-hydrogen) atoms. The second kappa shape index (κ2) is 9.35. The Morgan fingerprint density at radius 3 is 2.38 bits per heavy atom. The van der Waals surface area contributed by atoms with Crippen molar-refractivity contribution in [3.05, 3.63) is 71.8 Å². The number of aliphatic imine (C=N–C) groups is 1. The number of aryl methyl sites for hydroxylation is 1. The van der Waals surface area contributed by atoms with Crippen LogP contribution in [0.25, 0.3) is 0 Å². The summed E-state index contributed by atoms with van der Waals surface area (Å²) in [6, 6.07) is 19.5. The monoisotopic (exact) mass is 324 g/mol. The first-order valence-electron chi connectivity index (χ1n) is 8.11. The molecule has 0 fully saturated rings. The van der Waals surface area contributed by atoms with E-state index >= 15 is 0 Å². The van der Waals surface area contributed by atoms with Crippen molar-refractivity contribution in [2.45, 2.75) is 25.8 Å². The fraction of sp³-hybridized carbons (Fsp3) is 0.263. The lowest BCUT2D eigenvalue weighted by atomic mass is 10.1. The summed E-state index contributed by atoms with van der Waals surface area (Å²) in [5.74, 6) is 0.140. The van der Waals surface area contributed by atoms with E-state index in [-0.39, 0.29) is 18.0 Å². The highest BCUT2D eigenvalue weighted by atomic mass is 16.2. The molecule has 0 saturated carbocycles. The van der Waals surface area contributed by atoms with Crippen molar-refractivity contribution in [1.82, 2.24) is 10.6 Å². The maximum absolute atomic E-state index is 11.9. The summed E-state index contributed by atoms with van der Waals surface area (Å²) < 4.78 is 0. The van der Waals surface area contributed by atoms with Crippen molar-refractivity contribution in [2.75, 3.05) is 6.54 Å². The molecule has 2 aromatic rings. The van der Waals surface area contributed by atoms with Gasteiger partial charge in [0.1, 0.15) is 0 Å². The zero-order valence-electron chi connectivity index (χ0n) is 13.9. The molecule has 2 aromatic carbocycles. The molecule has 0 saturated heterocycles. The van der Waals surface area contributed by atoms with Gasteiger partial charge in [0.05, 0.1) is 6.04 Å². The Hall–Kier alpha value is -2.82. The van der Waals surface area contributed by atoms with Crippen LogP contribution in [0.1, 0.15) is 30.5 Å². The van der Waals surface area contributed by atoms with E-state index in [1.807, 2.05) is 55.5 Å². The van der Waals surface area contributed by atoms with Gasteiger partial charge in [-0.3, -0.25) is 10.3 Å². The molecule has 0 aliphatic heterocycles. The highest BCUT2D eigenvalue weighted by Gasteiger charge is 2.09. The van der Waals surface area contributed by atoms with E-state index in [0.29, 0.717) is 6.54 Å². The van der Waals surface area contributed by atoms with E-state index in [1.54, 1.807) is 0 Å². The zero-order valence-corrected chi connectivity index (χ0v) is 13.9. The van der Waals surface area contributed by atoms with Gasteiger partial charge in [-0.25, -0.2) is 4.79 Å². The van der Waals surface area contributed by atoms with Gasteiger partial charge in [-0.2, -0.15) is 0 Å². The summed E-state index contributed by atoms with van der Waals surface area (Å²) in [5.41, 5.74) is 8.05. The molecule has 5 heteroatoms. The maximum atomic E-state index is 11.9. The molecule has 0 spiro atoms. The van der Waals surface area contributed by atoms with Crippen LogP contribution in [0.15, 0.2) is 65.7 Å². The van der Waals surface area contributed by atoms with Crippen LogP contribution >= 0.6 is 0 Å². The molecule has 0 bridgehead atoms. The molecule has 0 unspecified atom stereocenters. The van der Waals surface area contributed by atoms with Crippen LogP contribution < -0.4 is 16.4 Å². The molecule has 0 heterocycles. The fourth-order valence-corrected chi connectivity index (χ4v) is 2.34. The number of nitrogens with zero attached hydrogens (tertiary/aromatic N) is 1. The normalized spacial score (nSPS) is 12.5. The van der Waals surface area contributed by atoms with Gasteiger partial charge in [0, 0.05) is 6.54 Å². The van der Waals surface area contributed by atoms with Crippen LogP contribution in [0, 0.1) is 0 Å². The van der Waals surface area contributed by atoms with Gasteiger partial charge in [-0.05, 0) is 30.9 Å². The Kier molecular flexibility index (Phi) is 6.83. The molecule has 4 N–H and O–H groups in total. The first-order valence-corrected chi connectivity index (χ1v) is 8.11. The standard InChI is InChI=1S/C19H24N4O/c1-15(17-12-6-3-7-13-17)22-19(24)23-18(20)21-14-8-11-16-9-4-2-5-10-16/h2-7,9-10,12-13,15H,8,11,14H2,1H3,(H4,20,21,22,23,24)/t15-/m1/s1. The Bertz CT molecular complexity index is 656. The van der Waals surface area contributed by atoms with Gasteiger partial charge in [0.25, 0.3) is 0 Å². The number of carbonyl (C=O) groups is 1. The number of guanidine groups is 1. The van der Waals surface area contributed by atoms with E-state index in [9.17, 15) is 4.79 Å². The molecule has 126 valence electrons. The van der Waals surface area contributed by atoms with Gasteiger partial charge in [0.15, 0.2) is 5.96 Å². The number of amides is 2. The Morgan fingerprint density at radius 1 is 1.08 bits per heavy atom. The fourth-order valence-electron chi connectivity index (χ4n) is 2.34. The Labute approximate surface area is 143 Å². The summed E-state index contributed by atoms with van der Waals surface area (Å²) in [6.07, 6.45) is 1.82. The summed E-state index contributed by atoms with van der Waals surface area (Å²) in [6.45, 7) is 2.50. The lowest BCUT2D eigenvalue weighted by Gasteiger charge is -2.14. The molecule has 0 aliphatic carbocycles. The van der Waals surface area contributed by atoms with Crippen molar-refractivity contribution in [1.29, 1.82) is 0 Å². The second-order valence-corrected chi connectivity index (χ2v) is 5.59. The van der Waals surface area contributed by atoms with Gasteiger partial charge in [0.2, 0.25) is 0 Å². The van der Waals surface area contributed by atoms with E-state index in [4.69, 9.17) is 5.73 Å². The highest BCUT2D eigenvalue weighted by molar-refractivity contribution is 5.95. The molecule has 5 nitrogen and oxygen atoms in total. The summed E-state index contributed by atoms with van der Waals surface area (Å²) in [7, 11) is 0. The minimum absolute atomic E-state index is 0.0999. The molecule has 0 aliphatic rings. The number of nitrogens with two attached hydrogens (primary N) is 1. The van der Waals surface area contributed by atoms with Crippen molar-refractivity contribution in [3.8, 4) is 0 Å². The van der Waals surface area contributed by atoms with Gasteiger partial charge < -0.3 is 11.1 Å². The summed E-state index contributed by atoms with van der Waals surface area (Å²) >= 11 is 0. The predicted molar refractivity (Wildman–Crippen MR) is 97.8 cm³/mol. The molecule has 2 rings (SSSR count). The van der Waals surface area contributed by atoms with Crippen LogP contribution in [0.3, 0.4) is 0 Å². The largest absolute Gasteiger partial charge is 0.370 e. The number of nitrogens with one attached hydrogen (secondary N) is 2. The van der Waals surface area contributed by atoms with Gasteiger partial charge in [-0.1, -0.05) is 60.7 Å². The van der Waals surface area contributed by atoms with Gasteiger partial charge >= 0.3 is 6.03 Å². The molecule has 1 atom stereocenters. The quantitative estimate of drug-likeness (QED) is 0.434. The molecular weight excluding hydrogens is 300 g/mol. The van der Waals surface area contributed by atoms with Crippen LogP contribution in [0.4, 0.5) is 4.79 Å². The smallest absolute Gasteiger partial charge is 0.322 e. The number of hydrogen-bond donors (Lipinski definition) is 3. The van der Waals surface area contributed by atoms with Gasteiger partial charge in [-0.15, -0.1) is 0 Å². The van der Waals surface area contributed by atoms with Crippen molar-refractivity contribution in [3.63, 3.8) is 0 Å². The maximum Gasteiger partial charge on any atom is 0.322 e. The zero-order chi connectivity index (χ0) is 17.2. The average Bonchev–Trinajstić information content (AvgIpc) is 2.60. The average molecular weight is 324 g/mol. The summed E-state index contributed by atoms with van der Waals surface area (Å²) in [5, 5.41) is 5.39. The minimum atomic E-state index is -0.351. The molecule has 0 aromatic heterocycles. The topological polar surface area (TPSA) is 79.5 Å². The number of benzene rings is 2. The van der Waals surface area contributed by atoms with Crippen molar-refractivity contribution >= 4 is 12.0 Å². The van der Waals surface area contributed by atoms with E-state index in [2.05, 4.69) is 27.8 Å². The SMILES string of the molecule is C[C@@H](NC(=O)NC(N)=NCCCc1ccccc1)c1ccccc1. The third-order valence-electron chi connectivity index (χ3n) is 3.64. The first-order chi connectivity index (χ1) is 11.6. The van der Waals surface area contributed by atoms with Crippen molar-refractivity contribution in [2.24, 2.45) is 10.7 Å². The van der Waals surface area contributed by atoms with Crippen molar-refractivity contribution < 1.29 is 4.79 Å². The molecule has 0 radical (unpaired) electrons. The lowest BCUT2D eigenvalue weighted by Crippen LogP contribution is -2.44. The van der Waals surface area contributed by atoms with Crippen LogP contribution in [0.5, 0.6) is 0 Å². The number of rotatable bonds is 6. The van der Waals surface area contributed by atoms with Crippen LogP contribution in [-0.2, 0) is 6.42 Å². The van der Waals surface area contributed by atoms with Crippen LogP contribution in [-0.4, -0.2) is 18.5 Å². The number of carbonyl (C=O) groups excluding carboxylic acids is 1.